The molecule has 6 heteroatoms. The van der Waals surface area contributed by atoms with Crippen molar-refractivity contribution in [3.8, 4) is 23.0 Å². The summed E-state index contributed by atoms with van der Waals surface area (Å²) in [5.41, 5.74) is 2.80. The molecule has 0 N–H and O–H groups in total. The Bertz CT molecular complexity index is 1660. The Balaban J connectivity index is 1.13. The molecular formula is C48H60O6. The van der Waals surface area contributed by atoms with E-state index in [1.54, 1.807) is 60.7 Å². The molecular weight excluding hydrogens is 673 g/mol. The number of esters is 2. The number of carbonyl (C=O) groups excluding carboxylic acids is 2. The lowest BCUT2D eigenvalue weighted by molar-refractivity contribution is 0.0730. The quantitative estimate of drug-likeness (QED) is 0.0277. The lowest BCUT2D eigenvalue weighted by atomic mass is 10.1. The van der Waals surface area contributed by atoms with Crippen LogP contribution in [0.1, 0.15) is 148 Å². The zero-order chi connectivity index (χ0) is 38.1. The van der Waals surface area contributed by atoms with Crippen molar-refractivity contribution >= 4 is 24.1 Å². The topological polar surface area (TPSA) is 71.1 Å². The van der Waals surface area contributed by atoms with Crippen molar-refractivity contribution in [3.05, 3.63) is 119 Å². The number of unbranched alkanes of at least 4 members (excludes halogenated alkanes) is 14. The maximum atomic E-state index is 12.8. The molecule has 0 unspecified atom stereocenters. The molecule has 4 aromatic carbocycles. The summed E-state index contributed by atoms with van der Waals surface area (Å²) in [6.07, 6.45) is 24.3. The van der Waals surface area contributed by atoms with Gasteiger partial charge in [-0.25, -0.2) is 9.59 Å². The number of rotatable bonds is 26. The van der Waals surface area contributed by atoms with Crippen LogP contribution in [-0.4, -0.2) is 25.2 Å². The second-order valence-electron chi connectivity index (χ2n) is 13.9. The van der Waals surface area contributed by atoms with Crippen LogP contribution in [0.5, 0.6) is 23.0 Å². The molecule has 0 spiro atoms. The van der Waals surface area contributed by atoms with E-state index >= 15 is 0 Å². The van der Waals surface area contributed by atoms with Gasteiger partial charge in [-0.2, -0.15) is 0 Å². The van der Waals surface area contributed by atoms with Crippen molar-refractivity contribution in [2.24, 2.45) is 0 Å². The molecule has 0 saturated heterocycles. The summed E-state index contributed by atoms with van der Waals surface area (Å²) >= 11 is 0. The fourth-order valence-corrected chi connectivity index (χ4v) is 6.08. The molecule has 0 radical (unpaired) electrons. The normalized spacial score (nSPS) is 11.1. The highest BCUT2D eigenvalue weighted by molar-refractivity contribution is 5.92. The predicted octanol–water partition coefficient (Wildman–Crippen LogP) is 13.3. The van der Waals surface area contributed by atoms with E-state index in [2.05, 4.69) is 13.8 Å². The average molecular weight is 733 g/mol. The van der Waals surface area contributed by atoms with Crippen LogP contribution >= 0.6 is 0 Å². The van der Waals surface area contributed by atoms with E-state index in [0.717, 1.165) is 42.1 Å². The molecule has 0 aliphatic rings. The largest absolute Gasteiger partial charge is 0.494 e. The summed E-state index contributed by atoms with van der Waals surface area (Å²) in [6.45, 7) is 5.90. The molecule has 0 heterocycles. The maximum absolute atomic E-state index is 12.8. The zero-order valence-electron chi connectivity index (χ0n) is 32.6. The fourth-order valence-electron chi connectivity index (χ4n) is 6.08. The van der Waals surface area contributed by atoms with E-state index in [1.165, 1.54) is 89.9 Å². The number of hydrogen-bond donors (Lipinski definition) is 0. The van der Waals surface area contributed by atoms with Gasteiger partial charge in [0, 0.05) is 0 Å². The van der Waals surface area contributed by atoms with Gasteiger partial charge in [0.05, 0.1) is 24.3 Å². The lowest BCUT2D eigenvalue weighted by Crippen LogP contribution is -2.10. The first-order valence-corrected chi connectivity index (χ1v) is 20.3. The van der Waals surface area contributed by atoms with Gasteiger partial charge in [0.1, 0.15) is 23.0 Å². The third kappa shape index (κ3) is 16.4. The van der Waals surface area contributed by atoms with Crippen molar-refractivity contribution < 1.29 is 28.5 Å². The van der Waals surface area contributed by atoms with E-state index in [4.69, 9.17) is 18.9 Å². The van der Waals surface area contributed by atoms with Crippen LogP contribution in [0.2, 0.25) is 0 Å². The van der Waals surface area contributed by atoms with Gasteiger partial charge in [-0.3, -0.25) is 0 Å². The fraction of sp³-hybridized carbons (Fsp3) is 0.417. The van der Waals surface area contributed by atoms with Crippen molar-refractivity contribution in [1.82, 2.24) is 0 Å². The first-order valence-electron chi connectivity index (χ1n) is 20.3. The summed E-state index contributed by atoms with van der Waals surface area (Å²) in [5.74, 6) is 1.41. The Labute approximate surface area is 323 Å². The zero-order valence-corrected chi connectivity index (χ0v) is 32.6. The monoisotopic (exact) mass is 732 g/mol. The standard InChI is InChI=1S/C48H60O6/c1-3-5-7-9-11-12-13-14-16-17-36-51-43-32-26-41(27-33-43)47(49)54-45-34-28-42(29-35-45)48(50)53-44-30-24-39(25-31-44)22-23-40-20-19-21-46(38-40)52-37-18-15-10-8-6-4-2/h19-35,38H,3-18,36-37H2,1-2H3/b23-22+. The number of hydrogen-bond acceptors (Lipinski definition) is 6. The molecule has 288 valence electrons. The molecule has 0 saturated carbocycles. The molecule has 4 aromatic rings. The molecule has 6 nitrogen and oxygen atoms in total. The second-order valence-corrected chi connectivity index (χ2v) is 13.9. The van der Waals surface area contributed by atoms with Gasteiger partial charge < -0.3 is 18.9 Å². The molecule has 0 aliphatic heterocycles. The van der Waals surface area contributed by atoms with E-state index in [-0.39, 0.29) is 0 Å². The highest BCUT2D eigenvalue weighted by atomic mass is 16.5. The van der Waals surface area contributed by atoms with Gasteiger partial charge in [0.2, 0.25) is 0 Å². The van der Waals surface area contributed by atoms with Gasteiger partial charge in [0.15, 0.2) is 0 Å². The molecule has 0 aromatic heterocycles. The summed E-state index contributed by atoms with van der Waals surface area (Å²) in [5, 5.41) is 0. The Morgan fingerprint density at radius 1 is 0.426 bits per heavy atom. The minimum absolute atomic E-state index is 0.337. The summed E-state index contributed by atoms with van der Waals surface area (Å²) in [7, 11) is 0. The van der Waals surface area contributed by atoms with Gasteiger partial charge >= 0.3 is 11.9 Å². The lowest BCUT2D eigenvalue weighted by Gasteiger charge is -2.08. The minimum atomic E-state index is -0.498. The molecule has 54 heavy (non-hydrogen) atoms. The van der Waals surface area contributed by atoms with E-state index in [0.29, 0.717) is 29.2 Å². The van der Waals surface area contributed by atoms with Gasteiger partial charge in [-0.05, 0) is 96.8 Å². The average Bonchev–Trinajstić information content (AvgIpc) is 3.20. The molecule has 0 aliphatic carbocycles. The minimum Gasteiger partial charge on any atom is -0.494 e. The van der Waals surface area contributed by atoms with Crippen LogP contribution in [0.25, 0.3) is 12.2 Å². The SMILES string of the molecule is CCCCCCCCCCCCOc1ccc(C(=O)Oc2ccc(C(=O)Oc3ccc(/C=C/c4cccc(OCCCCCCCC)c4)cc3)cc2)cc1. The molecule has 0 fully saturated rings. The first-order chi connectivity index (χ1) is 26.5. The molecule has 4 rings (SSSR count). The van der Waals surface area contributed by atoms with Crippen molar-refractivity contribution in [3.63, 3.8) is 0 Å². The third-order valence-corrected chi connectivity index (χ3v) is 9.34. The Hall–Kier alpha value is -4.84. The van der Waals surface area contributed by atoms with Crippen LogP contribution in [0.4, 0.5) is 0 Å². The highest BCUT2D eigenvalue weighted by Crippen LogP contribution is 2.21. The molecule has 0 atom stereocenters. The highest BCUT2D eigenvalue weighted by Gasteiger charge is 2.12. The predicted molar refractivity (Wildman–Crippen MR) is 221 cm³/mol. The van der Waals surface area contributed by atoms with Crippen LogP contribution < -0.4 is 18.9 Å². The van der Waals surface area contributed by atoms with E-state index in [1.807, 2.05) is 48.6 Å². The number of benzene rings is 4. The summed E-state index contributed by atoms with van der Waals surface area (Å²) < 4.78 is 22.9. The summed E-state index contributed by atoms with van der Waals surface area (Å²) in [6, 6.07) is 28.7. The van der Waals surface area contributed by atoms with Crippen molar-refractivity contribution in [2.45, 2.75) is 117 Å². The van der Waals surface area contributed by atoms with Crippen LogP contribution in [0.3, 0.4) is 0 Å². The summed E-state index contributed by atoms with van der Waals surface area (Å²) in [4.78, 5) is 25.5. The van der Waals surface area contributed by atoms with Gasteiger partial charge in [-0.1, -0.05) is 140 Å². The van der Waals surface area contributed by atoms with Crippen LogP contribution in [-0.2, 0) is 0 Å². The Kier molecular flexibility index (Phi) is 19.6. The smallest absolute Gasteiger partial charge is 0.343 e. The Morgan fingerprint density at radius 3 is 1.33 bits per heavy atom. The molecule has 0 bridgehead atoms. The first kappa shape index (κ1) is 41.9. The number of ether oxygens (including phenoxy) is 4. The number of carbonyl (C=O) groups is 2. The molecule has 0 amide bonds. The van der Waals surface area contributed by atoms with E-state index < -0.39 is 11.9 Å². The maximum Gasteiger partial charge on any atom is 0.343 e. The second kappa shape index (κ2) is 25.2. The Morgan fingerprint density at radius 2 is 0.833 bits per heavy atom. The van der Waals surface area contributed by atoms with Crippen LogP contribution in [0, 0.1) is 0 Å². The van der Waals surface area contributed by atoms with Gasteiger partial charge in [0.25, 0.3) is 0 Å². The van der Waals surface area contributed by atoms with Crippen molar-refractivity contribution in [1.29, 1.82) is 0 Å². The van der Waals surface area contributed by atoms with Crippen molar-refractivity contribution in [2.75, 3.05) is 13.2 Å². The third-order valence-electron chi connectivity index (χ3n) is 9.34. The van der Waals surface area contributed by atoms with Gasteiger partial charge in [-0.15, -0.1) is 0 Å². The van der Waals surface area contributed by atoms with E-state index in [9.17, 15) is 9.59 Å². The van der Waals surface area contributed by atoms with Crippen LogP contribution in [0.15, 0.2) is 97.1 Å².